The highest BCUT2D eigenvalue weighted by Crippen LogP contribution is 2.27. The van der Waals surface area contributed by atoms with Crippen LogP contribution in [0.1, 0.15) is 33.7 Å². The lowest BCUT2D eigenvalue weighted by Crippen LogP contribution is -2.37. The van der Waals surface area contributed by atoms with Crippen molar-refractivity contribution in [1.82, 2.24) is 19.8 Å². The first kappa shape index (κ1) is 26.2. The molecule has 0 unspecified atom stereocenters. The summed E-state index contributed by atoms with van der Waals surface area (Å²) in [5.74, 6) is -5.14. The highest BCUT2D eigenvalue weighted by molar-refractivity contribution is 5.94. The Bertz CT molecular complexity index is 1340. The zero-order valence-electron chi connectivity index (χ0n) is 19.2. The summed E-state index contributed by atoms with van der Waals surface area (Å²) < 4.78 is 80.1. The van der Waals surface area contributed by atoms with Gasteiger partial charge in [0.1, 0.15) is 18.7 Å². The summed E-state index contributed by atoms with van der Waals surface area (Å²) in [7, 11) is 0. The number of imidazole rings is 1. The first-order valence-corrected chi connectivity index (χ1v) is 11.1. The summed E-state index contributed by atoms with van der Waals surface area (Å²) >= 11 is 0. The van der Waals surface area contributed by atoms with E-state index >= 15 is 0 Å². The van der Waals surface area contributed by atoms with Crippen molar-refractivity contribution in [3.8, 4) is 5.69 Å². The molecule has 1 aliphatic rings. The van der Waals surface area contributed by atoms with Gasteiger partial charge in [-0.15, -0.1) is 0 Å². The Morgan fingerprint density at radius 2 is 1.76 bits per heavy atom. The smallest absolute Gasteiger partial charge is 0.342 e. The van der Waals surface area contributed by atoms with Crippen LogP contribution in [0.2, 0.25) is 0 Å². The lowest BCUT2D eigenvalue weighted by molar-refractivity contribution is -0.132. The number of nitrogens with one attached hydrogen (secondary N) is 1. The van der Waals surface area contributed by atoms with Crippen LogP contribution >= 0.6 is 0 Å². The fraction of sp³-hybridized carbons (Fsp3) is 0.292. The lowest BCUT2D eigenvalue weighted by Gasteiger charge is -2.23. The van der Waals surface area contributed by atoms with Crippen LogP contribution < -0.4 is 11.1 Å². The third kappa shape index (κ3) is 5.93. The molecule has 7 nitrogen and oxygen atoms in total. The number of nitrogens with two attached hydrogens (primary N) is 1. The molecule has 0 aliphatic carbocycles. The molecule has 1 atom stereocenters. The Morgan fingerprint density at radius 3 is 2.49 bits per heavy atom. The molecule has 1 aromatic heterocycles. The van der Waals surface area contributed by atoms with Crippen LogP contribution in [-0.2, 0) is 24.3 Å². The molecule has 2 aromatic carbocycles. The minimum atomic E-state index is -4.62. The predicted octanol–water partition coefficient (Wildman–Crippen LogP) is 3.38. The van der Waals surface area contributed by atoms with Gasteiger partial charge in [0.05, 0.1) is 17.9 Å². The molecule has 3 N–H and O–H groups in total. The van der Waals surface area contributed by atoms with E-state index in [1.807, 2.05) is 0 Å². The Labute approximate surface area is 206 Å². The molecular weight excluding hydrogens is 504 g/mol. The quantitative estimate of drug-likeness (QED) is 0.381. The summed E-state index contributed by atoms with van der Waals surface area (Å²) in [6, 6.07) is 7.03. The van der Waals surface area contributed by atoms with Gasteiger partial charge in [-0.25, -0.2) is 18.2 Å². The number of rotatable bonds is 6. The summed E-state index contributed by atoms with van der Waals surface area (Å²) in [4.78, 5) is 31.0. The van der Waals surface area contributed by atoms with Crippen molar-refractivity contribution in [3.05, 3.63) is 82.7 Å². The van der Waals surface area contributed by atoms with Gasteiger partial charge in [-0.2, -0.15) is 13.2 Å². The van der Waals surface area contributed by atoms with Crippen molar-refractivity contribution in [2.45, 2.75) is 38.1 Å². The van der Waals surface area contributed by atoms with E-state index in [0.29, 0.717) is 23.4 Å². The van der Waals surface area contributed by atoms with Gasteiger partial charge in [-0.1, -0.05) is 18.2 Å². The van der Waals surface area contributed by atoms with E-state index in [4.69, 9.17) is 5.73 Å². The first-order valence-electron chi connectivity index (χ1n) is 11.1. The van der Waals surface area contributed by atoms with E-state index in [0.717, 1.165) is 0 Å². The van der Waals surface area contributed by atoms with Gasteiger partial charge in [0.25, 0.3) is 5.91 Å². The van der Waals surface area contributed by atoms with Gasteiger partial charge in [0.15, 0.2) is 17.3 Å². The van der Waals surface area contributed by atoms with Crippen LogP contribution in [0, 0.1) is 17.5 Å². The number of nitrogens with zero attached hydrogens (tertiary/aromatic N) is 3. The standard InChI is InChI=1S/C24H21F6N5O2/c25-16-8-18(27)17(26)6-14(16)5-15(31)7-21(36)34-9-13-3-1-2-4-19(13)35-12-33-22(20(35)10-34)23(37)32-11-24(28,29)30/h1-4,6,8,12,15H,5,7,9-11,31H2,(H,32,37)/t15-/m1/s1. The number of para-hydroxylation sites is 1. The molecule has 2 amide bonds. The number of benzene rings is 2. The first-order chi connectivity index (χ1) is 17.4. The van der Waals surface area contributed by atoms with Crippen LogP contribution in [-0.4, -0.2) is 45.0 Å². The second kappa shape index (κ2) is 10.2. The van der Waals surface area contributed by atoms with E-state index in [9.17, 15) is 35.9 Å². The summed E-state index contributed by atoms with van der Waals surface area (Å²) in [5.41, 5.74) is 7.01. The molecule has 1 aliphatic heterocycles. The molecule has 0 fully saturated rings. The van der Waals surface area contributed by atoms with E-state index in [1.165, 1.54) is 15.8 Å². The van der Waals surface area contributed by atoms with Gasteiger partial charge in [0, 0.05) is 25.1 Å². The van der Waals surface area contributed by atoms with E-state index < -0.39 is 48.0 Å². The van der Waals surface area contributed by atoms with Crippen molar-refractivity contribution < 1.29 is 35.9 Å². The lowest BCUT2D eigenvalue weighted by atomic mass is 10.0. The zero-order valence-corrected chi connectivity index (χ0v) is 19.2. The molecule has 2 heterocycles. The molecule has 0 spiro atoms. The maximum Gasteiger partial charge on any atom is 0.405 e. The maximum absolute atomic E-state index is 14.0. The molecule has 0 saturated carbocycles. The predicted molar refractivity (Wildman–Crippen MR) is 119 cm³/mol. The number of hydrogen-bond donors (Lipinski definition) is 2. The number of aromatic nitrogens is 2. The number of fused-ring (bicyclic) bond motifs is 3. The average molecular weight is 525 g/mol. The third-order valence-electron chi connectivity index (χ3n) is 5.84. The Morgan fingerprint density at radius 1 is 1.05 bits per heavy atom. The van der Waals surface area contributed by atoms with Gasteiger partial charge in [-0.05, 0) is 29.7 Å². The van der Waals surface area contributed by atoms with Crippen LogP contribution in [0.5, 0.6) is 0 Å². The number of alkyl halides is 3. The maximum atomic E-state index is 14.0. The molecule has 13 heteroatoms. The average Bonchev–Trinajstić information content (AvgIpc) is 3.16. The molecule has 196 valence electrons. The van der Waals surface area contributed by atoms with E-state index in [2.05, 4.69) is 4.98 Å². The number of halogens is 6. The highest BCUT2D eigenvalue weighted by atomic mass is 19.4. The van der Waals surface area contributed by atoms with Crippen molar-refractivity contribution in [2.24, 2.45) is 5.73 Å². The van der Waals surface area contributed by atoms with Crippen molar-refractivity contribution in [2.75, 3.05) is 6.54 Å². The monoisotopic (exact) mass is 525 g/mol. The molecule has 3 aromatic rings. The highest BCUT2D eigenvalue weighted by Gasteiger charge is 2.31. The second-order valence-electron chi connectivity index (χ2n) is 8.61. The fourth-order valence-corrected chi connectivity index (χ4v) is 4.11. The summed E-state index contributed by atoms with van der Waals surface area (Å²) in [6.07, 6.45) is -3.88. The Hall–Kier alpha value is -3.87. The van der Waals surface area contributed by atoms with Gasteiger partial charge >= 0.3 is 6.18 Å². The molecular formula is C24H21F6N5O2. The summed E-state index contributed by atoms with van der Waals surface area (Å²) in [6.45, 7) is -1.63. The molecule has 37 heavy (non-hydrogen) atoms. The van der Waals surface area contributed by atoms with Crippen LogP contribution in [0.3, 0.4) is 0 Å². The third-order valence-corrected chi connectivity index (χ3v) is 5.84. The topological polar surface area (TPSA) is 93.2 Å². The van der Waals surface area contributed by atoms with Gasteiger partial charge < -0.3 is 20.5 Å². The molecule has 0 radical (unpaired) electrons. The van der Waals surface area contributed by atoms with Crippen molar-refractivity contribution in [1.29, 1.82) is 0 Å². The molecule has 0 saturated heterocycles. The summed E-state index contributed by atoms with van der Waals surface area (Å²) in [5, 5.41) is 1.78. The Kier molecular flexibility index (Phi) is 7.25. The van der Waals surface area contributed by atoms with Crippen LogP contribution in [0.15, 0.2) is 42.7 Å². The number of amides is 2. The van der Waals surface area contributed by atoms with E-state index in [1.54, 1.807) is 29.6 Å². The van der Waals surface area contributed by atoms with E-state index in [-0.39, 0.29) is 42.9 Å². The molecule has 0 bridgehead atoms. The number of hydrogen-bond acceptors (Lipinski definition) is 4. The molecule has 4 rings (SSSR count). The van der Waals surface area contributed by atoms with Crippen LogP contribution in [0.25, 0.3) is 5.69 Å². The van der Waals surface area contributed by atoms with Crippen molar-refractivity contribution in [3.63, 3.8) is 0 Å². The SMILES string of the molecule is N[C@@H](CC(=O)N1Cc2ccccc2-n2cnc(C(=O)NCC(F)(F)F)c2C1)Cc1cc(F)c(F)cc1F. The van der Waals surface area contributed by atoms with Crippen LogP contribution in [0.4, 0.5) is 26.3 Å². The zero-order chi connectivity index (χ0) is 26.9. The number of carbonyl (C=O) groups excluding carboxylic acids is 2. The fourth-order valence-electron chi connectivity index (χ4n) is 4.11. The van der Waals surface area contributed by atoms with Gasteiger partial charge in [-0.3, -0.25) is 9.59 Å². The Balaban J connectivity index is 1.57. The normalized spacial score (nSPS) is 14.0. The minimum absolute atomic E-state index is 0.0898. The minimum Gasteiger partial charge on any atom is -0.342 e. The van der Waals surface area contributed by atoms with Crippen molar-refractivity contribution >= 4 is 11.8 Å². The van der Waals surface area contributed by atoms with Gasteiger partial charge in [0.2, 0.25) is 5.91 Å². The second-order valence-corrected chi connectivity index (χ2v) is 8.61. The number of carbonyl (C=O) groups is 2. The largest absolute Gasteiger partial charge is 0.405 e.